The minimum atomic E-state index is -0.545. The van der Waals surface area contributed by atoms with Crippen LogP contribution in [0.15, 0.2) is 22.7 Å². The maximum Gasteiger partial charge on any atom is 0.270 e. The molecule has 1 aromatic rings. The first-order chi connectivity index (χ1) is 8.91. The van der Waals surface area contributed by atoms with E-state index in [2.05, 4.69) is 21.2 Å². The first-order valence-electron chi connectivity index (χ1n) is 5.82. The molecule has 0 saturated heterocycles. The maximum atomic E-state index is 11.9. The van der Waals surface area contributed by atoms with Crippen molar-refractivity contribution in [2.24, 2.45) is 0 Å². The van der Waals surface area contributed by atoms with E-state index in [1.54, 1.807) is 6.92 Å². The maximum absolute atomic E-state index is 11.9. The van der Waals surface area contributed by atoms with E-state index in [-0.39, 0.29) is 17.2 Å². The van der Waals surface area contributed by atoms with Gasteiger partial charge in [0, 0.05) is 23.2 Å². The van der Waals surface area contributed by atoms with Crippen LogP contribution in [0.4, 0.5) is 5.69 Å². The van der Waals surface area contributed by atoms with Crippen molar-refractivity contribution in [3.63, 3.8) is 0 Å². The van der Waals surface area contributed by atoms with Gasteiger partial charge in [-0.25, -0.2) is 0 Å². The number of aliphatic hydroxyl groups is 1. The van der Waals surface area contributed by atoms with Crippen LogP contribution in [0.1, 0.15) is 30.1 Å². The average molecular weight is 331 g/mol. The predicted octanol–water partition coefficient (Wildman–Crippen LogP) is 2.25. The van der Waals surface area contributed by atoms with Crippen LogP contribution in [0.5, 0.6) is 0 Å². The van der Waals surface area contributed by atoms with Gasteiger partial charge in [-0.15, -0.1) is 0 Å². The first-order valence-corrected chi connectivity index (χ1v) is 6.61. The van der Waals surface area contributed by atoms with Gasteiger partial charge in [-0.1, -0.05) is 0 Å². The molecule has 6 nitrogen and oxygen atoms in total. The monoisotopic (exact) mass is 330 g/mol. The largest absolute Gasteiger partial charge is 0.393 e. The van der Waals surface area contributed by atoms with E-state index in [0.29, 0.717) is 23.9 Å². The van der Waals surface area contributed by atoms with Crippen LogP contribution in [0.25, 0.3) is 0 Å². The van der Waals surface area contributed by atoms with Gasteiger partial charge in [0.05, 0.1) is 16.6 Å². The number of nitrogens with one attached hydrogen (secondary N) is 1. The van der Waals surface area contributed by atoms with Crippen molar-refractivity contribution < 1.29 is 14.8 Å². The number of amides is 1. The summed E-state index contributed by atoms with van der Waals surface area (Å²) in [6.45, 7) is 2.10. The topological polar surface area (TPSA) is 92.5 Å². The van der Waals surface area contributed by atoms with Crippen LogP contribution in [0.3, 0.4) is 0 Å². The Labute approximate surface area is 119 Å². The van der Waals surface area contributed by atoms with Gasteiger partial charge in [0.25, 0.3) is 11.6 Å². The molecule has 0 aromatic heterocycles. The Morgan fingerprint density at radius 3 is 2.84 bits per heavy atom. The molecule has 0 saturated carbocycles. The number of carbonyl (C=O) groups is 1. The molecule has 1 unspecified atom stereocenters. The third-order valence-corrected chi connectivity index (χ3v) is 3.18. The molecular weight excluding hydrogens is 316 g/mol. The van der Waals surface area contributed by atoms with Gasteiger partial charge in [-0.05, 0) is 41.8 Å². The predicted molar refractivity (Wildman–Crippen MR) is 74.0 cm³/mol. The lowest BCUT2D eigenvalue weighted by molar-refractivity contribution is -0.384. The number of hydrogen-bond donors (Lipinski definition) is 2. The number of aliphatic hydroxyl groups excluding tert-OH is 1. The van der Waals surface area contributed by atoms with Crippen molar-refractivity contribution in [3.05, 3.63) is 38.3 Å². The summed E-state index contributed by atoms with van der Waals surface area (Å²) in [4.78, 5) is 22.0. The number of benzene rings is 1. The quantitative estimate of drug-likeness (QED) is 0.475. The number of nitro groups is 1. The van der Waals surface area contributed by atoms with Crippen molar-refractivity contribution in [1.82, 2.24) is 5.32 Å². The van der Waals surface area contributed by atoms with Crippen molar-refractivity contribution in [1.29, 1.82) is 0 Å². The van der Waals surface area contributed by atoms with E-state index in [1.165, 1.54) is 18.2 Å². The Morgan fingerprint density at radius 1 is 1.58 bits per heavy atom. The summed E-state index contributed by atoms with van der Waals surface area (Å²) in [7, 11) is 0. The molecule has 1 aromatic carbocycles. The fourth-order valence-corrected chi connectivity index (χ4v) is 1.92. The third kappa shape index (κ3) is 4.96. The summed E-state index contributed by atoms with van der Waals surface area (Å²) in [6.07, 6.45) is 0.841. The Morgan fingerprint density at radius 2 is 2.26 bits per heavy atom. The summed E-state index contributed by atoms with van der Waals surface area (Å²) >= 11 is 3.19. The molecule has 7 heteroatoms. The van der Waals surface area contributed by atoms with Crippen molar-refractivity contribution >= 4 is 27.5 Å². The number of rotatable bonds is 6. The zero-order valence-electron chi connectivity index (χ0n) is 10.4. The molecule has 2 N–H and O–H groups in total. The minimum absolute atomic E-state index is 0.127. The van der Waals surface area contributed by atoms with Crippen molar-refractivity contribution in [3.8, 4) is 0 Å². The van der Waals surface area contributed by atoms with Gasteiger partial charge < -0.3 is 10.4 Å². The lowest BCUT2D eigenvalue weighted by Crippen LogP contribution is -2.25. The summed E-state index contributed by atoms with van der Waals surface area (Å²) in [6, 6.07) is 4.03. The fourth-order valence-electron chi connectivity index (χ4n) is 1.50. The number of carbonyl (C=O) groups excluding carboxylic acids is 1. The van der Waals surface area contributed by atoms with Gasteiger partial charge in [-0.3, -0.25) is 14.9 Å². The molecule has 0 aliphatic rings. The molecule has 1 rings (SSSR count). The minimum Gasteiger partial charge on any atom is -0.393 e. The summed E-state index contributed by atoms with van der Waals surface area (Å²) in [5.41, 5.74) is 0.101. The smallest absolute Gasteiger partial charge is 0.270 e. The number of non-ortho nitro benzene ring substituents is 1. The van der Waals surface area contributed by atoms with Gasteiger partial charge in [-0.2, -0.15) is 0 Å². The van der Waals surface area contributed by atoms with Crippen LogP contribution in [-0.2, 0) is 0 Å². The van der Waals surface area contributed by atoms with Crippen molar-refractivity contribution in [2.75, 3.05) is 6.54 Å². The summed E-state index contributed by atoms with van der Waals surface area (Å²) < 4.78 is 0.506. The normalized spacial score (nSPS) is 11.9. The van der Waals surface area contributed by atoms with Gasteiger partial charge >= 0.3 is 0 Å². The first kappa shape index (κ1) is 15.6. The molecule has 104 valence electrons. The Kier molecular flexibility index (Phi) is 5.91. The van der Waals surface area contributed by atoms with Gasteiger partial charge in [0.2, 0.25) is 0 Å². The van der Waals surface area contributed by atoms with Crippen molar-refractivity contribution in [2.45, 2.75) is 25.9 Å². The highest BCUT2D eigenvalue weighted by molar-refractivity contribution is 9.10. The molecule has 1 atom stereocenters. The standard InChI is InChI=1S/C12H15BrN2O4/c1-8(16)3-2-6-14-12(17)10-7-9(15(18)19)4-5-11(10)13/h4-5,7-8,16H,2-3,6H2,1H3,(H,14,17). The molecule has 0 heterocycles. The molecule has 19 heavy (non-hydrogen) atoms. The number of halogens is 1. The molecule has 0 aliphatic heterocycles. The second kappa shape index (κ2) is 7.20. The Bertz CT molecular complexity index is 477. The second-order valence-corrected chi connectivity index (χ2v) is 5.02. The zero-order valence-corrected chi connectivity index (χ0v) is 12.0. The average Bonchev–Trinajstić information content (AvgIpc) is 2.34. The fraction of sp³-hybridized carbons (Fsp3) is 0.417. The molecule has 0 spiro atoms. The van der Waals surface area contributed by atoms with Crippen LogP contribution in [0, 0.1) is 10.1 Å². The number of nitrogens with zero attached hydrogens (tertiary/aromatic N) is 1. The summed E-state index contributed by atoms with van der Waals surface area (Å²) in [5.74, 6) is -0.374. The zero-order chi connectivity index (χ0) is 14.4. The van der Waals surface area contributed by atoms with Crippen LogP contribution in [-0.4, -0.2) is 28.6 Å². The van der Waals surface area contributed by atoms with E-state index in [4.69, 9.17) is 5.11 Å². The Balaban J connectivity index is 2.66. The molecule has 0 bridgehead atoms. The molecular formula is C12H15BrN2O4. The lowest BCUT2D eigenvalue weighted by Gasteiger charge is -2.07. The lowest BCUT2D eigenvalue weighted by atomic mass is 10.2. The molecule has 0 aliphatic carbocycles. The highest BCUT2D eigenvalue weighted by atomic mass is 79.9. The highest BCUT2D eigenvalue weighted by Gasteiger charge is 2.15. The summed E-state index contributed by atoms with van der Waals surface area (Å²) in [5, 5.41) is 22.4. The van der Waals surface area contributed by atoms with Crippen LogP contribution >= 0.6 is 15.9 Å². The number of hydrogen-bond acceptors (Lipinski definition) is 4. The van der Waals surface area contributed by atoms with E-state index >= 15 is 0 Å². The highest BCUT2D eigenvalue weighted by Crippen LogP contribution is 2.22. The Hall–Kier alpha value is -1.47. The van der Waals surface area contributed by atoms with Crippen LogP contribution in [0.2, 0.25) is 0 Å². The van der Waals surface area contributed by atoms with Gasteiger partial charge in [0.1, 0.15) is 0 Å². The van der Waals surface area contributed by atoms with E-state index in [1.807, 2.05) is 0 Å². The van der Waals surface area contributed by atoms with E-state index in [9.17, 15) is 14.9 Å². The second-order valence-electron chi connectivity index (χ2n) is 4.17. The van der Waals surface area contributed by atoms with E-state index < -0.39 is 11.0 Å². The van der Waals surface area contributed by atoms with Crippen LogP contribution < -0.4 is 5.32 Å². The molecule has 0 fully saturated rings. The number of nitro benzene ring substituents is 1. The molecule has 1 amide bonds. The van der Waals surface area contributed by atoms with Gasteiger partial charge in [0.15, 0.2) is 0 Å². The molecule has 0 radical (unpaired) electrons. The van der Waals surface area contributed by atoms with E-state index in [0.717, 1.165) is 0 Å². The SMILES string of the molecule is CC(O)CCCNC(=O)c1cc([N+](=O)[O-])ccc1Br. The third-order valence-electron chi connectivity index (χ3n) is 2.49.